The number of hydrogen-bond donors (Lipinski definition) is 1. The smallest absolute Gasteiger partial charge is 0.255 e. The molecule has 0 aliphatic carbocycles. The lowest BCUT2D eigenvalue weighted by Gasteiger charge is -2.28. The van der Waals surface area contributed by atoms with Crippen molar-refractivity contribution in [3.05, 3.63) is 94.2 Å². The minimum atomic E-state index is -0.120. The normalized spacial score (nSPS) is 13.5. The van der Waals surface area contributed by atoms with Gasteiger partial charge >= 0.3 is 0 Å². The molecule has 1 aliphatic heterocycles. The molecule has 1 aliphatic rings. The van der Waals surface area contributed by atoms with Crippen molar-refractivity contribution in [1.82, 2.24) is 29.4 Å². The largest absolute Gasteiger partial charge is 0.320 e. The van der Waals surface area contributed by atoms with Gasteiger partial charge in [-0.1, -0.05) is 6.07 Å². The van der Waals surface area contributed by atoms with Crippen LogP contribution in [0.25, 0.3) is 17.1 Å². The van der Waals surface area contributed by atoms with Crippen molar-refractivity contribution in [2.75, 3.05) is 6.54 Å². The van der Waals surface area contributed by atoms with Crippen molar-refractivity contribution in [3.63, 3.8) is 0 Å². The topological polar surface area (TPSA) is 103 Å². The third-order valence-corrected chi connectivity index (χ3v) is 5.45. The summed E-state index contributed by atoms with van der Waals surface area (Å²) in [6, 6.07) is 13.8. The summed E-state index contributed by atoms with van der Waals surface area (Å²) in [5.41, 5.74) is 4.79. The maximum Gasteiger partial charge on any atom is 0.255 e. The van der Waals surface area contributed by atoms with E-state index in [-0.39, 0.29) is 5.56 Å². The molecule has 0 amide bonds. The van der Waals surface area contributed by atoms with Gasteiger partial charge in [0.25, 0.3) is 5.56 Å². The molecule has 0 unspecified atom stereocenters. The summed E-state index contributed by atoms with van der Waals surface area (Å²) in [5.74, 6) is 0.504. The van der Waals surface area contributed by atoms with Crippen LogP contribution in [0.3, 0.4) is 0 Å². The molecular weight excluding hydrogens is 390 g/mol. The zero-order valence-corrected chi connectivity index (χ0v) is 16.7. The number of H-pyrrole nitrogens is 1. The number of nitriles is 1. The molecule has 8 heteroatoms. The monoisotopic (exact) mass is 409 g/mol. The zero-order chi connectivity index (χ0) is 21.2. The SMILES string of the molecule is N#Cc1cccc(-n2cccc2CN2CCc3nc(-c4cncnc4)[nH]c(=O)c3C2)c1. The highest BCUT2D eigenvalue weighted by Gasteiger charge is 2.22. The van der Waals surface area contributed by atoms with Crippen LogP contribution < -0.4 is 5.56 Å². The lowest BCUT2D eigenvalue weighted by molar-refractivity contribution is 0.238. The minimum absolute atomic E-state index is 0.120. The van der Waals surface area contributed by atoms with Crippen LogP contribution >= 0.6 is 0 Å². The lowest BCUT2D eigenvalue weighted by Crippen LogP contribution is -2.35. The van der Waals surface area contributed by atoms with Gasteiger partial charge in [0.15, 0.2) is 0 Å². The molecule has 0 saturated carbocycles. The number of aromatic amines is 1. The van der Waals surface area contributed by atoms with Gasteiger partial charge < -0.3 is 9.55 Å². The first-order valence-corrected chi connectivity index (χ1v) is 9.98. The Kier molecular flexibility index (Phi) is 4.86. The molecule has 0 saturated heterocycles. The Bertz CT molecular complexity index is 1330. The summed E-state index contributed by atoms with van der Waals surface area (Å²) >= 11 is 0. The quantitative estimate of drug-likeness (QED) is 0.555. The first-order valence-electron chi connectivity index (χ1n) is 9.98. The first kappa shape index (κ1) is 18.9. The Hall–Kier alpha value is -4.09. The van der Waals surface area contributed by atoms with Gasteiger partial charge in [0.2, 0.25) is 0 Å². The van der Waals surface area contributed by atoms with Crippen molar-refractivity contribution in [2.45, 2.75) is 19.5 Å². The average Bonchev–Trinajstić information content (AvgIpc) is 3.28. The molecule has 31 heavy (non-hydrogen) atoms. The molecule has 4 aromatic rings. The van der Waals surface area contributed by atoms with Gasteiger partial charge in [-0.3, -0.25) is 9.69 Å². The number of nitrogens with one attached hydrogen (secondary N) is 1. The van der Waals surface area contributed by atoms with Gasteiger partial charge in [-0.15, -0.1) is 0 Å². The van der Waals surface area contributed by atoms with Crippen molar-refractivity contribution < 1.29 is 0 Å². The highest BCUT2D eigenvalue weighted by Crippen LogP contribution is 2.21. The van der Waals surface area contributed by atoms with E-state index < -0.39 is 0 Å². The first-order chi connectivity index (χ1) is 15.2. The van der Waals surface area contributed by atoms with Crippen LogP contribution in [-0.2, 0) is 19.5 Å². The molecule has 5 rings (SSSR count). The van der Waals surface area contributed by atoms with E-state index in [1.807, 2.05) is 30.5 Å². The van der Waals surface area contributed by atoms with E-state index in [4.69, 9.17) is 0 Å². The number of fused-ring (bicyclic) bond motifs is 1. The van der Waals surface area contributed by atoms with Crippen molar-refractivity contribution in [3.8, 4) is 23.1 Å². The number of benzene rings is 1. The maximum atomic E-state index is 12.8. The van der Waals surface area contributed by atoms with Crippen molar-refractivity contribution >= 4 is 0 Å². The highest BCUT2D eigenvalue weighted by atomic mass is 16.1. The van der Waals surface area contributed by atoms with Gasteiger partial charge in [0, 0.05) is 56.0 Å². The van der Waals surface area contributed by atoms with Gasteiger partial charge in [-0.25, -0.2) is 15.0 Å². The van der Waals surface area contributed by atoms with Gasteiger partial charge in [0.05, 0.1) is 28.5 Å². The number of rotatable bonds is 4. The number of hydrogen-bond acceptors (Lipinski definition) is 6. The summed E-state index contributed by atoms with van der Waals surface area (Å²) < 4.78 is 2.08. The van der Waals surface area contributed by atoms with E-state index in [0.29, 0.717) is 42.0 Å². The fourth-order valence-electron chi connectivity index (χ4n) is 3.93. The Morgan fingerprint density at radius 3 is 2.87 bits per heavy atom. The van der Waals surface area contributed by atoms with E-state index in [1.54, 1.807) is 18.5 Å². The van der Waals surface area contributed by atoms with Gasteiger partial charge in [-0.2, -0.15) is 5.26 Å². The van der Waals surface area contributed by atoms with Crippen LogP contribution in [0.2, 0.25) is 0 Å². The minimum Gasteiger partial charge on any atom is -0.320 e. The van der Waals surface area contributed by atoms with E-state index in [1.165, 1.54) is 6.33 Å². The predicted molar refractivity (Wildman–Crippen MR) is 114 cm³/mol. The molecule has 0 radical (unpaired) electrons. The second-order valence-corrected chi connectivity index (χ2v) is 7.46. The molecule has 1 aromatic carbocycles. The van der Waals surface area contributed by atoms with Crippen LogP contribution in [0.1, 0.15) is 22.5 Å². The fraction of sp³-hybridized carbons (Fsp3) is 0.174. The summed E-state index contributed by atoms with van der Waals surface area (Å²) in [6.07, 6.45) is 7.42. The second-order valence-electron chi connectivity index (χ2n) is 7.46. The Morgan fingerprint density at radius 2 is 2.03 bits per heavy atom. The average molecular weight is 409 g/mol. The van der Waals surface area contributed by atoms with E-state index >= 15 is 0 Å². The zero-order valence-electron chi connectivity index (χ0n) is 16.7. The van der Waals surface area contributed by atoms with Crippen LogP contribution in [0, 0.1) is 11.3 Å². The summed E-state index contributed by atoms with van der Waals surface area (Å²) in [4.78, 5) is 30.5. The van der Waals surface area contributed by atoms with Crippen molar-refractivity contribution in [1.29, 1.82) is 5.26 Å². The Balaban J connectivity index is 1.39. The van der Waals surface area contributed by atoms with Crippen LogP contribution in [0.15, 0.2) is 66.1 Å². The maximum absolute atomic E-state index is 12.8. The summed E-state index contributed by atoms with van der Waals surface area (Å²) in [6.45, 7) is 2.03. The van der Waals surface area contributed by atoms with Crippen molar-refractivity contribution in [2.24, 2.45) is 0 Å². The predicted octanol–water partition coefficient (Wildman–Crippen LogP) is 2.45. The Morgan fingerprint density at radius 1 is 1.16 bits per heavy atom. The van der Waals surface area contributed by atoms with E-state index in [2.05, 4.69) is 41.5 Å². The summed E-state index contributed by atoms with van der Waals surface area (Å²) in [5, 5.41) is 9.19. The van der Waals surface area contributed by atoms with Crippen LogP contribution in [0.4, 0.5) is 0 Å². The standard InChI is InChI=1S/C23H19N7O/c24-10-16-3-1-4-18(9-16)30-7-2-5-19(30)13-29-8-6-21-20(14-29)23(31)28-22(27-21)17-11-25-15-26-12-17/h1-5,7,9,11-12,15H,6,8,13-14H2,(H,27,28,31). The number of nitrogens with zero attached hydrogens (tertiary/aromatic N) is 6. The van der Waals surface area contributed by atoms with Crippen LogP contribution in [-0.4, -0.2) is 35.9 Å². The Labute approximate surface area is 178 Å². The molecule has 3 aromatic heterocycles. The molecule has 0 spiro atoms. The lowest BCUT2D eigenvalue weighted by atomic mass is 10.1. The molecule has 0 fully saturated rings. The third-order valence-electron chi connectivity index (χ3n) is 5.45. The molecule has 0 bridgehead atoms. The van der Waals surface area contributed by atoms with E-state index in [0.717, 1.165) is 23.6 Å². The molecule has 4 heterocycles. The number of aromatic nitrogens is 5. The second kappa shape index (κ2) is 7.97. The van der Waals surface area contributed by atoms with Crippen LogP contribution in [0.5, 0.6) is 0 Å². The molecule has 0 atom stereocenters. The summed E-state index contributed by atoms with van der Waals surface area (Å²) in [7, 11) is 0. The van der Waals surface area contributed by atoms with Gasteiger partial charge in [-0.05, 0) is 30.3 Å². The highest BCUT2D eigenvalue weighted by molar-refractivity contribution is 5.52. The third kappa shape index (κ3) is 3.74. The molecule has 8 nitrogen and oxygen atoms in total. The molecule has 1 N–H and O–H groups in total. The van der Waals surface area contributed by atoms with Gasteiger partial charge in [0.1, 0.15) is 12.2 Å². The molecule has 152 valence electrons. The fourth-order valence-corrected chi connectivity index (χ4v) is 3.93. The van der Waals surface area contributed by atoms with E-state index in [9.17, 15) is 10.1 Å². The molecular formula is C23H19N7O.